The summed E-state index contributed by atoms with van der Waals surface area (Å²) in [4.78, 5) is 42.5. The van der Waals surface area contributed by atoms with Gasteiger partial charge in [-0.15, -0.1) is 0 Å². The Bertz CT molecular complexity index is 1070. The molecule has 0 saturated heterocycles. The minimum absolute atomic E-state index is 0.0980. The number of ether oxygens (including phenoxy) is 1. The van der Waals surface area contributed by atoms with Gasteiger partial charge in [-0.05, 0) is 58.5 Å². The van der Waals surface area contributed by atoms with Crippen LogP contribution >= 0.6 is 0 Å². The van der Waals surface area contributed by atoms with Crippen molar-refractivity contribution in [1.29, 1.82) is 0 Å². The van der Waals surface area contributed by atoms with Gasteiger partial charge in [-0.3, -0.25) is 14.5 Å². The predicted molar refractivity (Wildman–Crippen MR) is 171 cm³/mol. The van der Waals surface area contributed by atoms with Crippen LogP contribution in [0.2, 0.25) is 16.6 Å². The molecule has 0 bridgehead atoms. The minimum Gasteiger partial charge on any atom is -0.446 e. The number of ketones is 2. The molecule has 0 spiro atoms. The summed E-state index contributed by atoms with van der Waals surface area (Å²) in [6.45, 7) is 19.9. The summed E-state index contributed by atoms with van der Waals surface area (Å²) in [5.74, 6) is 0.403. The Hall–Kier alpha value is -2.21. The lowest BCUT2D eigenvalue weighted by molar-refractivity contribution is -0.121. The molecule has 6 heteroatoms. The number of allylic oxidation sites excluding steroid dienone is 1. The lowest BCUT2D eigenvalue weighted by Crippen LogP contribution is -2.54. The maximum atomic E-state index is 14.2. The zero-order chi connectivity index (χ0) is 30.5. The number of benzene rings is 1. The van der Waals surface area contributed by atoms with Crippen molar-refractivity contribution < 1.29 is 19.1 Å². The Morgan fingerprint density at radius 2 is 1.56 bits per heavy atom. The summed E-state index contributed by atoms with van der Waals surface area (Å²) in [6, 6.07) is 10.0. The summed E-state index contributed by atoms with van der Waals surface area (Å²) < 4.78 is 6.44. The van der Waals surface area contributed by atoms with Crippen LogP contribution in [0.4, 0.5) is 4.79 Å². The van der Waals surface area contributed by atoms with E-state index in [1.165, 1.54) is 5.56 Å². The van der Waals surface area contributed by atoms with Crippen LogP contribution in [0.25, 0.3) is 0 Å². The average molecular weight is 582 g/mol. The molecule has 1 saturated carbocycles. The largest absolute Gasteiger partial charge is 0.446 e. The molecule has 2 aliphatic rings. The first-order valence-corrected chi connectivity index (χ1v) is 18.3. The summed E-state index contributed by atoms with van der Waals surface area (Å²) in [5.41, 5.74) is 2.11. The molecule has 1 amide bonds. The van der Waals surface area contributed by atoms with Gasteiger partial charge < -0.3 is 4.74 Å². The summed E-state index contributed by atoms with van der Waals surface area (Å²) in [6.07, 6.45) is 6.83. The first-order chi connectivity index (χ1) is 19.3. The van der Waals surface area contributed by atoms with Crippen molar-refractivity contribution in [2.45, 2.75) is 148 Å². The van der Waals surface area contributed by atoms with E-state index >= 15 is 0 Å². The molecule has 1 aliphatic heterocycles. The SMILES string of the molecule is CCCC(=O)C[C@@H]1CC(=O)C([Si](C(C)C)(C(C)C)C(C)C)=CN1C(=O)OC1CCCCC1C(C)(C)c1ccccc1. The van der Waals surface area contributed by atoms with Crippen LogP contribution in [0.5, 0.6) is 0 Å². The highest BCUT2D eigenvalue weighted by Gasteiger charge is 2.51. The Balaban J connectivity index is 2.02. The Kier molecular flexibility index (Phi) is 11.2. The third-order valence-corrected chi connectivity index (χ3v) is 17.4. The maximum absolute atomic E-state index is 14.2. The summed E-state index contributed by atoms with van der Waals surface area (Å²) in [7, 11) is -2.32. The second kappa shape index (κ2) is 13.8. The number of nitrogens with zero attached hydrogens (tertiary/aromatic N) is 1. The molecule has 1 aromatic rings. The van der Waals surface area contributed by atoms with E-state index < -0.39 is 20.2 Å². The molecular formula is C35H55NO4Si. The average Bonchev–Trinajstić information content (AvgIpc) is 2.90. The number of amides is 1. The van der Waals surface area contributed by atoms with Gasteiger partial charge in [0.05, 0.1) is 6.04 Å². The number of hydrogen-bond donors (Lipinski definition) is 0. The van der Waals surface area contributed by atoms with Crippen LogP contribution in [0.1, 0.15) is 119 Å². The van der Waals surface area contributed by atoms with Crippen LogP contribution in [-0.2, 0) is 19.7 Å². The number of rotatable bonds is 11. The normalized spacial score (nSPS) is 22.3. The van der Waals surface area contributed by atoms with Gasteiger partial charge >= 0.3 is 6.09 Å². The molecule has 2 unspecified atom stereocenters. The number of carbonyl (C=O) groups excluding carboxylic acids is 3. The highest BCUT2D eigenvalue weighted by atomic mass is 28.3. The van der Waals surface area contributed by atoms with Gasteiger partial charge in [0.15, 0.2) is 5.78 Å². The van der Waals surface area contributed by atoms with Gasteiger partial charge in [-0.25, -0.2) is 4.79 Å². The lowest BCUT2D eigenvalue weighted by atomic mass is 9.66. The summed E-state index contributed by atoms with van der Waals surface area (Å²) in [5, 5.41) is 0.846. The minimum atomic E-state index is -2.32. The molecule has 1 heterocycles. The van der Waals surface area contributed by atoms with Gasteiger partial charge in [0.25, 0.3) is 0 Å². The highest BCUT2D eigenvalue weighted by Crippen LogP contribution is 2.48. The van der Waals surface area contributed by atoms with Crippen molar-refractivity contribution in [1.82, 2.24) is 4.90 Å². The molecule has 3 atom stereocenters. The Morgan fingerprint density at radius 1 is 0.976 bits per heavy atom. The Labute approximate surface area is 250 Å². The van der Waals surface area contributed by atoms with Crippen LogP contribution in [0, 0.1) is 5.92 Å². The van der Waals surface area contributed by atoms with Crippen LogP contribution in [-0.4, -0.2) is 42.8 Å². The molecular weight excluding hydrogens is 526 g/mol. The molecule has 1 aromatic carbocycles. The highest BCUT2D eigenvalue weighted by molar-refractivity contribution is 6.93. The monoisotopic (exact) mass is 581 g/mol. The maximum Gasteiger partial charge on any atom is 0.414 e. The van der Waals surface area contributed by atoms with E-state index in [2.05, 4.69) is 79.7 Å². The number of carbonyl (C=O) groups is 3. The van der Waals surface area contributed by atoms with E-state index in [4.69, 9.17) is 4.74 Å². The fourth-order valence-electron chi connectivity index (χ4n) is 8.38. The van der Waals surface area contributed by atoms with E-state index in [1.807, 2.05) is 19.2 Å². The second-order valence-electron chi connectivity index (χ2n) is 14.0. The first-order valence-electron chi connectivity index (χ1n) is 16.1. The van der Waals surface area contributed by atoms with Crippen molar-refractivity contribution in [2.24, 2.45) is 5.92 Å². The lowest BCUT2D eigenvalue weighted by Gasteiger charge is -2.47. The van der Waals surface area contributed by atoms with Crippen LogP contribution < -0.4 is 0 Å². The topological polar surface area (TPSA) is 63.7 Å². The van der Waals surface area contributed by atoms with E-state index in [0.29, 0.717) is 23.0 Å². The predicted octanol–water partition coefficient (Wildman–Crippen LogP) is 9.16. The van der Waals surface area contributed by atoms with E-state index in [0.717, 1.165) is 37.3 Å². The van der Waals surface area contributed by atoms with Crippen molar-refractivity contribution >= 4 is 25.7 Å². The third-order valence-electron chi connectivity index (χ3n) is 10.3. The molecule has 1 fully saturated rings. The smallest absolute Gasteiger partial charge is 0.414 e. The summed E-state index contributed by atoms with van der Waals surface area (Å²) >= 11 is 0. The zero-order valence-corrected chi connectivity index (χ0v) is 28.2. The molecule has 41 heavy (non-hydrogen) atoms. The third kappa shape index (κ3) is 6.89. The molecule has 0 radical (unpaired) electrons. The molecule has 0 N–H and O–H groups in total. The van der Waals surface area contributed by atoms with Gasteiger partial charge in [-0.2, -0.15) is 0 Å². The second-order valence-corrected chi connectivity index (χ2v) is 19.9. The van der Waals surface area contributed by atoms with E-state index in [-0.39, 0.29) is 41.8 Å². The fraction of sp³-hybridized carbons (Fsp3) is 0.686. The fourth-order valence-corrected chi connectivity index (χ4v) is 15.2. The van der Waals surface area contributed by atoms with Crippen molar-refractivity contribution in [3.05, 3.63) is 47.3 Å². The molecule has 1 aliphatic carbocycles. The molecule has 0 aromatic heterocycles. The van der Waals surface area contributed by atoms with E-state index in [1.54, 1.807) is 4.90 Å². The first kappa shape index (κ1) is 33.3. The van der Waals surface area contributed by atoms with Gasteiger partial charge in [0, 0.05) is 31.4 Å². The number of Topliss-reactive ketones (excluding diaryl/α,β-unsaturated/α-hetero) is 2. The molecule has 3 rings (SSSR count). The molecule has 228 valence electrons. The number of hydrogen-bond acceptors (Lipinski definition) is 4. The van der Waals surface area contributed by atoms with Crippen LogP contribution in [0.15, 0.2) is 41.7 Å². The van der Waals surface area contributed by atoms with Gasteiger partial charge in [0.1, 0.15) is 20.0 Å². The van der Waals surface area contributed by atoms with Crippen molar-refractivity contribution in [2.75, 3.05) is 0 Å². The van der Waals surface area contributed by atoms with E-state index in [9.17, 15) is 14.4 Å². The van der Waals surface area contributed by atoms with Gasteiger partial charge in [-0.1, -0.05) is 99.1 Å². The van der Waals surface area contributed by atoms with Crippen LogP contribution in [0.3, 0.4) is 0 Å². The Morgan fingerprint density at radius 3 is 2.12 bits per heavy atom. The van der Waals surface area contributed by atoms with Crippen molar-refractivity contribution in [3.63, 3.8) is 0 Å². The van der Waals surface area contributed by atoms with Crippen molar-refractivity contribution in [3.8, 4) is 0 Å². The quantitative estimate of drug-likeness (QED) is 0.244. The standard InChI is InChI=1S/C35H55NO4Si/c1-10-16-29(37)21-28-22-31(38)33(41(24(2)3,25(4)5)26(6)7)23-36(28)34(39)40-32-20-15-14-19-30(32)35(8,9)27-17-12-11-13-18-27/h11-13,17-18,23-26,28,30,32H,10,14-16,19-22H2,1-9H3/t28-,30?,32?/m1/s1. The zero-order valence-electron chi connectivity index (χ0n) is 27.2. The molecule has 5 nitrogen and oxygen atoms in total. The van der Waals surface area contributed by atoms with Gasteiger partial charge in [0.2, 0.25) is 0 Å².